The Morgan fingerprint density at radius 3 is 2.63 bits per heavy atom. The Labute approximate surface area is 123 Å². The summed E-state index contributed by atoms with van der Waals surface area (Å²) in [6.45, 7) is 7.49. The summed E-state index contributed by atoms with van der Waals surface area (Å²) in [5.41, 5.74) is 5.13. The molecule has 1 heterocycles. The van der Waals surface area contributed by atoms with Crippen LogP contribution in [0.15, 0.2) is 39.6 Å². The van der Waals surface area contributed by atoms with E-state index in [0.29, 0.717) is 0 Å². The Kier molecular flexibility index (Phi) is 4.83. The number of hydrogen-bond donors (Lipinski definition) is 1. The summed E-state index contributed by atoms with van der Waals surface area (Å²) in [7, 11) is 0. The highest BCUT2D eigenvalue weighted by molar-refractivity contribution is 9.10. The zero-order chi connectivity index (χ0) is 13.8. The second-order valence-corrected chi connectivity index (χ2v) is 5.55. The van der Waals surface area contributed by atoms with Crippen LogP contribution in [0.2, 0.25) is 0 Å². The lowest BCUT2D eigenvalue weighted by molar-refractivity contribution is 0.523. The molecule has 2 rings (SSSR count). The van der Waals surface area contributed by atoms with Gasteiger partial charge in [0.05, 0.1) is 12.3 Å². The Hall–Kier alpha value is -1.06. The van der Waals surface area contributed by atoms with Gasteiger partial charge in [0, 0.05) is 5.56 Å². The lowest BCUT2D eigenvalue weighted by Gasteiger charge is -2.21. The van der Waals surface area contributed by atoms with Crippen molar-refractivity contribution in [2.45, 2.75) is 33.2 Å². The molecule has 1 N–H and O–H groups in total. The molecule has 102 valence electrons. The van der Waals surface area contributed by atoms with Crippen molar-refractivity contribution in [2.24, 2.45) is 0 Å². The molecule has 0 aliphatic carbocycles. The maximum Gasteiger partial charge on any atom is 0.174 e. The fourth-order valence-electron chi connectivity index (χ4n) is 2.27. The summed E-state index contributed by atoms with van der Waals surface area (Å²) >= 11 is 3.49. The molecule has 0 fully saturated rings. The van der Waals surface area contributed by atoms with Crippen LogP contribution in [-0.2, 0) is 0 Å². The monoisotopic (exact) mass is 321 g/mol. The average Bonchev–Trinajstić information content (AvgIpc) is 2.81. The average molecular weight is 322 g/mol. The molecule has 0 bridgehead atoms. The molecule has 2 aromatic rings. The molecule has 0 radical (unpaired) electrons. The van der Waals surface area contributed by atoms with E-state index in [1.807, 2.05) is 6.07 Å². The third kappa shape index (κ3) is 3.10. The highest BCUT2D eigenvalue weighted by Crippen LogP contribution is 2.32. The Balaban J connectivity index is 2.43. The van der Waals surface area contributed by atoms with Gasteiger partial charge in [-0.2, -0.15) is 0 Å². The Morgan fingerprint density at radius 1 is 1.21 bits per heavy atom. The van der Waals surface area contributed by atoms with Crippen molar-refractivity contribution in [3.63, 3.8) is 0 Å². The molecule has 0 aliphatic heterocycles. The van der Waals surface area contributed by atoms with Crippen molar-refractivity contribution >= 4 is 15.9 Å². The first-order valence-corrected chi connectivity index (χ1v) is 7.46. The smallest absolute Gasteiger partial charge is 0.174 e. The van der Waals surface area contributed by atoms with Crippen LogP contribution in [0.5, 0.6) is 0 Å². The van der Waals surface area contributed by atoms with Gasteiger partial charge in [0.2, 0.25) is 0 Å². The highest BCUT2D eigenvalue weighted by Gasteiger charge is 2.20. The molecule has 0 saturated heterocycles. The molecule has 2 nitrogen and oxygen atoms in total. The van der Waals surface area contributed by atoms with Crippen LogP contribution in [0.3, 0.4) is 0 Å². The molecule has 0 aliphatic rings. The van der Waals surface area contributed by atoms with Crippen molar-refractivity contribution in [3.05, 3.63) is 57.5 Å². The van der Waals surface area contributed by atoms with Crippen LogP contribution in [0.1, 0.15) is 41.6 Å². The molecule has 0 saturated carbocycles. The van der Waals surface area contributed by atoms with Crippen LogP contribution in [-0.4, -0.2) is 6.54 Å². The zero-order valence-electron chi connectivity index (χ0n) is 11.7. The summed E-state index contributed by atoms with van der Waals surface area (Å²) in [5.74, 6) is 0. The van der Waals surface area contributed by atoms with Crippen molar-refractivity contribution in [3.8, 4) is 0 Å². The van der Waals surface area contributed by atoms with Crippen molar-refractivity contribution in [2.75, 3.05) is 6.54 Å². The van der Waals surface area contributed by atoms with E-state index >= 15 is 0 Å². The Bertz CT molecular complexity index is 547. The number of hydrogen-bond acceptors (Lipinski definition) is 2. The predicted molar refractivity (Wildman–Crippen MR) is 82.5 cm³/mol. The minimum absolute atomic E-state index is 0.174. The predicted octanol–water partition coefficient (Wildman–Crippen LogP) is 4.75. The van der Waals surface area contributed by atoms with Gasteiger partial charge in [0.25, 0.3) is 0 Å². The first-order valence-electron chi connectivity index (χ1n) is 6.67. The molecule has 1 unspecified atom stereocenters. The number of halogens is 1. The van der Waals surface area contributed by atoms with Gasteiger partial charge in [-0.3, -0.25) is 0 Å². The Morgan fingerprint density at radius 2 is 2.00 bits per heavy atom. The van der Waals surface area contributed by atoms with E-state index in [4.69, 9.17) is 4.42 Å². The molecule has 1 aromatic heterocycles. The number of benzene rings is 1. The van der Waals surface area contributed by atoms with Gasteiger partial charge in [-0.05, 0) is 65.5 Å². The van der Waals surface area contributed by atoms with Gasteiger partial charge in [-0.15, -0.1) is 0 Å². The van der Waals surface area contributed by atoms with Crippen LogP contribution in [0, 0.1) is 13.8 Å². The highest BCUT2D eigenvalue weighted by atomic mass is 79.9. The van der Waals surface area contributed by atoms with Crippen LogP contribution in [0.4, 0.5) is 0 Å². The molecule has 19 heavy (non-hydrogen) atoms. The minimum Gasteiger partial charge on any atom is -0.457 e. The van der Waals surface area contributed by atoms with Crippen LogP contribution >= 0.6 is 15.9 Å². The largest absolute Gasteiger partial charge is 0.457 e. The normalized spacial score (nSPS) is 12.6. The van der Waals surface area contributed by atoms with Gasteiger partial charge in [0.1, 0.15) is 0 Å². The van der Waals surface area contributed by atoms with Crippen LogP contribution < -0.4 is 5.32 Å². The standard InChI is InChI=1S/C16H20BrNO/c1-4-9-18-15(14-8-10-19-16(14)17)13-7-5-6-11(2)12(13)3/h5-8,10,15,18H,4,9H2,1-3H3. The van der Waals surface area contributed by atoms with Gasteiger partial charge < -0.3 is 9.73 Å². The SMILES string of the molecule is CCCNC(c1ccoc1Br)c1cccc(C)c1C. The first-order chi connectivity index (χ1) is 9.15. The third-order valence-electron chi connectivity index (χ3n) is 3.51. The summed E-state index contributed by atoms with van der Waals surface area (Å²) in [4.78, 5) is 0. The topological polar surface area (TPSA) is 25.2 Å². The third-order valence-corrected chi connectivity index (χ3v) is 4.16. The maximum absolute atomic E-state index is 5.39. The number of nitrogens with one attached hydrogen (secondary N) is 1. The van der Waals surface area contributed by atoms with Gasteiger partial charge in [-0.25, -0.2) is 0 Å². The van der Waals surface area contributed by atoms with Crippen LogP contribution in [0.25, 0.3) is 0 Å². The molecule has 1 atom stereocenters. The summed E-state index contributed by atoms with van der Waals surface area (Å²) in [6, 6.07) is 8.66. The molecular weight excluding hydrogens is 302 g/mol. The quantitative estimate of drug-likeness (QED) is 0.859. The number of aryl methyl sites for hydroxylation is 1. The molecule has 3 heteroatoms. The molecule has 0 amide bonds. The van der Waals surface area contributed by atoms with Crippen molar-refractivity contribution in [1.82, 2.24) is 5.32 Å². The van der Waals surface area contributed by atoms with Gasteiger partial charge in [0.15, 0.2) is 4.67 Å². The molecular formula is C16H20BrNO. The van der Waals surface area contributed by atoms with E-state index in [0.717, 1.165) is 23.2 Å². The van der Waals surface area contributed by atoms with Gasteiger partial charge in [-0.1, -0.05) is 25.1 Å². The summed E-state index contributed by atoms with van der Waals surface area (Å²) in [5, 5.41) is 3.61. The number of furan rings is 1. The second kappa shape index (κ2) is 6.40. The lowest BCUT2D eigenvalue weighted by Crippen LogP contribution is -2.24. The number of rotatable bonds is 5. The fraction of sp³-hybridized carbons (Fsp3) is 0.375. The van der Waals surface area contributed by atoms with Crippen molar-refractivity contribution in [1.29, 1.82) is 0 Å². The fourth-order valence-corrected chi connectivity index (χ4v) is 2.74. The summed E-state index contributed by atoms with van der Waals surface area (Å²) in [6.07, 6.45) is 2.84. The lowest BCUT2D eigenvalue weighted by atomic mass is 9.94. The van der Waals surface area contributed by atoms with E-state index in [-0.39, 0.29) is 6.04 Å². The van der Waals surface area contributed by atoms with Crippen molar-refractivity contribution < 1.29 is 4.42 Å². The van der Waals surface area contributed by atoms with E-state index in [1.165, 1.54) is 16.7 Å². The first kappa shape index (κ1) is 14.4. The van der Waals surface area contributed by atoms with E-state index in [9.17, 15) is 0 Å². The maximum atomic E-state index is 5.39. The molecule has 1 aromatic carbocycles. The van der Waals surface area contributed by atoms with Gasteiger partial charge >= 0.3 is 0 Å². The second-order valence-electron chi connectivity index (χ2n) is 4.83. The van der Waals surface area contributed by atoms with E-state index in [1.54, 1.807) is 6.26 Å². The van der Waals surface area contributed by atoms with E-state index < -0.39 is 0 Å². The zero-order valence-corrected chi connectivity index (χ0v) is 13.3. The summed E-state index contributed by atoms with van der Waals surface area (Å²) < 4.78 is 6.20. The van der Waals surface area contributed by atoms with E-state index in [2.05, 4.69) is 60.2 Å². The molecule has 0 spiro atoms. The minimum atomic E-state index is 0.174.